The fourth-order valence-electron chi connectivity index (χ4n) is 5.03. The van der Waals surface area contributed by atoms with Gasteiger partial charge in [0, 0.05) is 37.1 Å². The predicted octanol–water partition coefficient (Wildman–Crippen LogP) is 2.69. The summed E-state index contributed by atoms with van der Waals surface area (Å²) in [5.74, 6) is 0.0207. The lowest BCUT2D eigenvalue weighted by molar-refractivity contribution is 0.00696. The molecule has 0 atom stereocenters. The van der Waals surface area contributed by atoms with E-state index in [1.165, 1.54) is 11.4 Å². The maximum atomic E-state index is 13.2. The molecular weight excluding hydrogens is 352 g/mol. The predicted molar refractivity (Wildman–Crippen MR) is 107 cm³/mol. The van der Waals surface area contributed by atoms with E-state index in [-0.39, 0.29) is 11.4 Å². The zero-order valence-corrected chi connectivity index (χ0v) is 16.2. The zero-order chi connectivity index (χ0) is 19.1. The average Bonchev–Trinajstić information content (AvgIpc) is 3.38. The third kappa shape index (κ3) is 2.57. The smallest absolute Gasteiger partial charge is 0.274 e. The molecular formula is C21H26N6O. The zero-order valence-electron chi connectivity index (χ0n) is 16.2. The monoisotopic (exact) mass is 378 g/mol. The molecule has 2 aliphatic rings. The SMILES string of the molecule is CCCN1CCc2[nH]cnc2C12CCN(C(=O)c1n[nH]c3ccccc13)CC2. The highest BCUT2D eigenvalue weighted by molar-refractivity contribution is 6.04. The molecule has 0 unspecified atom stereocenters. The summed E-state index contributed by atoms with van der Waals surface area (Å²) in [4.78, 5) is 25.8. The number of hydrogen-bond donors (Lipinski definition) is 2. The van der Waals surface area contributed by atoms with Gasteiger partial charge in [-0.3, -0.25) is 14.8 Å². The summed E-state index contributed by atoms with van der Waals surface area (Å²) >= 11 is 0. The number of nitrogens with one attached hydrogen (secondary N) is 2. The van der Waals surface area contributed by atoms with Crippen molar-refractivity contribution >= 4 is 16.8 Å². The molecule has 0 aliphatic carbocycles. The number of benzene rings is 1. The highest BCUT2D eigenvalue weighted by atomic mass is 16.2. The van der Waals surface area contributed by atoms with Crippen LogP contribution in [0.1, 0.15) is 48.1 Å². The van der Waals surface area contributed by atoms with Crippen LogP contribution in [0.15, 0.2) is 30.6 Å². The highest BCUT2D eigenvalue weighted by Crippen LogP contribution is 2.42. The number of imidazole rings is 1. The van der Waals surface area contributed by atoms with Crippen molar-refractivity contribution in [2.45, 2.75) is 38.1 Å². The Hall–Kier alpha value is -2.67. The van der Waals surface area contributed by atoms with Gasteiger partial charge in [0.25, 0.3) is 5.91 Å². The molecule has 2 N–H and O–H groups in total. The van der Waals surface area contributed by atoms with Crippen LogP contribution in [-0.4, -0.2) is 62.1 Å². The van der Waals surface area contributed by atoms with E-state index in [9.17, 15) is 4.79 Å². The van der Waals surface area contributed by atoms with Gasteiger partial charge in [-0.2, -0.15) is 5.10 Å². The number of aromatic amines is 2. The van der Waals surface area contributed by atoms with Crippen molar-refractivity contribution in [3.8, 4) is 0 Å². The molecule has 4 heterocycles. The number of aromatic nitrogens is 4. The third-order valence-corrected chi connectivity index (χ3v) is 6.44. The van der Waals surface area contributed by atoms with E-state index in [0.717, 1.165) is 62.8 Å². The van der Waals surface area contributed by atoms with Crippen LogP contribution in [0.4, 0.5) is 0 Å². The third-order valence-electron chi connectivity index (χ3n) is 6.44. The number of likely N-dealkylation sites (tertiary alicyclic amines) is 1. The van der Waals surface area contributed by atoms with Crippen LogP contribution in [-0.2, 0) is 12.0 Å². The number of nitrogens with zero attached hydrogens (tertiary/aromatic N) is 4. The van der Waals surface area contributed by atoms with Gasteiger partial charge in [-0.1, -0.05) is 25.1 Å². The number of amides is 1. The summed E-state index contributed by atoms with van der Waals surface area (Å²) in [6.07, 6.45) is 5.82. The van der Waals surface area contributed by atoms with Crippen LogP contribution >= 0.6 is 0 Å². The largest absolute Gasteiger partial charge is 0.348 e. The molecule has 1 fully saturated rings. The lowest BCUT2D eigenvalue weighted by atomic mass is 9.78. The Labute approximate surface area is 164 Å². The Balaban J connectivity index is 1.40. The first-order valence-corrected chi connectivity index (χ1v) is 10.2. The minimum Gasteiger partial charge on any atom is -0.348 e. The summed E-state index contributed by atoms with van der Waals surface area (Å²) in [6.45, 7) is 5.82. The van der Waals surface area contributed by atoms with Crippen molar-refractivity contribution in [1.29, 1.82) is 0 Å². The van der Waals surface area contributed by atoms with E-state index >= 15 is 0 Å². The minimum absolute atomic E-state index is 0.0207. The van der Waals surface area contributed by atoms with Gasteiger partial charge in [-0.25, -0.2) is 4.98 Å². The van der Waals surface area contributed by atoms with Gasteiger partial charge in [0.2, 0.25) is 0 Å². The van der Waals surface area contributed by atoms with Crippen LogP contribution < -0.4 is 0 Å². The summed E-state index contributed by atoms with van der Waals surface area (Å²) in [5.41, 5.74) is 3.85. The summed E-state index contributed by atoms with van der Waals surface area (Å²) in [5, 5.41) is 8.18. The van der Waals surface area contributed by atoms with Crippen LogP contribution in [0.5, 0.6) is 0 Å². The summed E-state index contributed by atoms with van der Waals surface area (Å²) in [7, 11) is 0. The minimum atomic E-state index is -0.0476. The second-order valence-corrected chi connectivity index (χ2v) is 7.91. The molecule has 146 valence electrons. The Kier molecular flexibility index (Phi) is 4.19. The first-order chi connectivity index (χ1) is 13.7. The van der Waals surface area contributed by atoms with Gasteiger partial charge < -0.3 is 9.88 Å². The van der Waals surface area contributed by atoms with E-state index in [0.29, 0.717) is 5.69 Å². The van der Waals surface area contributed by atoms with Crippen molar-refractivity contribution in [3.05, 3.63) is 47.7 Å². The normalized spacial score (nSPS) is 19.2. The number of rotatable bonds is 3. The van der Waals surface area contributed by atoms with Crippen LogP contribution in [0.2, 0.25) is 0 Å². The molecule has 7 nitrogen and oxygen atoms in total. The molecule has 2 aromatic heterocycles. The number of carbonyl (C=O) groups is 1. The van der Waals surface area contributed by atoms with Gasteiger partial charge in [-0.15, -0.1) is 0 Å². The van der Waals surface area contributed by atoms with E-state index in [1.807, 2.05) is 35.5 Å². The molecule has 1 spiro atoms. The van der Waals surface area contributed by atoms with Gasteiger partial charge in [-0.05, 0) is 31.9 Å². The quantitative estimate of drug-likeness (QED) is 0.734. The molecule has 7 heteroatoms. The van der Waals surface area contributed by atoms with Crippen molar-refractivity contribution < 1.29 is 4.79 Å². The van der Waals surface area contributed by atoms with E-state index in [1.54, 1.807) is 0 Å². The molecule has 1 saturated heterocycles. The molecule has 28 heavy (non-hydrogen) atoms. The van der Waals surface area contributed by atoms with Crippen molar-refractivity contribution in [3.63, 3.8) is 0 Å². The topological polar surface area (TPSA) is 80.9 Å². The van der Waals surface area contributed by atoms with Gasteiger partial charge in [0.15, 0.2) is 5.69 Å². The van der Waals surface area contributed by atoms with E-state index in [4.69, 9.17) is 4.98 Å². The van der Waals surface area contributed by atoms with Gasteiger partial charge in [0.1, 0.15) is 0 Å². The maximum Gasteiger partial charge on any atom is 0.274 e. The van der Waals surface area contributed by atoms with Crippen molar-refractivity contribution in [2.24, 2.45) is 0 Å². The number of para-hydroxylation sites is 1. The molecule has 2 aliphatic heterocycles. The number of hydrogen-bond acceptors (Lipinski definition) is 4. The van der Waals surface area contributed by atoms with Crippen LogP contribution in [0.25, 0.3) is 10.9 Å². The van der Waals surface area contributed by atoms with Gasteiger partial charge in [0.05, 0.1) is 23.1 Å². The summed E-state index contributed by atoms with van der Waals surface area (Å²) in [6, 6.07) is 7.81. The number of piperidine rings is 1. The molecule has 0 saturated carbocycles. The van der Waals surface area contributed by atoms with Crippen molar-refractivity contribution in [1.82, 2.24) is 30.0 Å². The standard InChI is InChI=1S/C21H26N6O/c1-2-10-27-11-7-17-19(23-14-22-17)21(27)8-12-26(13-9-21)20(28)18-15-5-3-4-6-16(15)24-25-18/h3-6,14H,2,7-13H2,1H3,(H,22,23)(H,24,25). The maximum absolute atomic E-state index is 13.2. The average molecular weight is 378 g/mol. The van der Waals surface area contributed by atoms with E-state index < -0.39 is 0 Å². The molecule has 0 bridgehead atoms. The molecule has 5 rings (SSSR count). The molecule has 3 aromatic rings. The molecule has 1 amide bonds. The number of fused-ring (bicyclic) bond motifs is 3. The highest BCUT2D eigenvalue weighted by Gasteiger charge is 2.47. The fraction of sp³-hybridized carbons (Fsp3) is 0.476. The lowest BCUT2D eigenvalue weighted by Crippen LogP contribution is -2.57. The Morgan fingerprint density at radius 3 is 2.86 bits per heavy atom. The Bertz CT molecular complexity index is 997. The molecule has 0 radical (unpaired) electrons. The number of H-pyrrole nitrogens is 2. The van der Waals surface area contributed by atoms with E-state index in [2.05, 4.69) is 27.0 Å². The lowest BCUT2D eigenvalue weighted by Gasteiger charge is -2.50. The summed E-state index contributed by atoms with van der Waals surface area (Å²) < 4.78 is 0. The van der Waals surface area contributed by atoms with Crippen LogP contribution in [0.3, 0.4) is 0 Å². The van der Waals surface area contributed by atoms with Crippen molar-refractivity contribution in [2.75, 3.05) is 26.2 Å². The Morgan fingerprint density at radius 2 is 2.04 bits per heavy atom. The fourth-order valence-corrected chi connectivity index (χ4v) is 5.03. The second kappa shape index (κ2) is 6.74. The van der Waals surface area contributed by atoms with Crippen LogP contribution in [0, 0.1) is 0 Å². The molecule has 1 aromatic carbocycles. The number of carbonyl (C=O) groups excluding carboxylic acids is 1. The Morgan fingerprint density at radius 1 is 1.21 bits per heavy atom. The first kappa shape index (κ1) is 17.4. The van der Waals surface area contributed by atoms with Gasteiger partial charge >= 0.3 is 0 Å². The first-order valence-electron chi connectivity index (χ1n) is 10.2. The second-order valence-electron chi connectivity index (χ2n) is 7.91.